The maximum atomic E-state index is 15.3. The van der Waals surface area contributed by atoms with E-state index in [2.05, 4.69) is 26.0 Å². The minimum absolute atomic E-state index is 0.0769. The number of pyridine rings is 1. The number of alkyl carbamates (subject to hydrolysis) is 1. The Morgan fingerprint density at radius 1 is 1.37 bits per heavy atom. The fraction of sp³-hybridized carbons (Fsp3) is 0.500. The van der Waals surface area contributed by atoms with Gasteiger partial charge in [0.1, 0.15) is 0 Å². The van der Waals surface area contributed by atoms with Crippen molar-refractivity contribution in [3.8, 4) is 11.3 Å². The van der Waals surface area contributed by atoms with E-state index in [-0.39, 0.29) is 35.9 Å². The topological polar surface area (TPSA) is 110 Å². The molecule has 2 atom stereocenters. The largest absolute Gasteiger partial charge is 0.453 e. The number of aryl methyl sites for hydroxylation is 1. The Morgan fingerprint density at radius 2 is 2.13 bits per heavy atom. The highest BCUT2D eigenvalue weighted by molar-refractivity contribution is 6.04. The van der Waals surface area contributed by atoms with Crippen LogP contribution in [-0.2, 0) is 17.8 Å². The van der Waals surface area contributed by atoms with Crippen LogP contribution in [0.25, 0.3) is 11.3 Å². The molecule has 9 nitrogen and oxygen atoms in total. The number of nitrogens with one attached hydrogen (secondary N) is 3. The van der Waals surface area contributed by atoms with Crippen LogP contribution in [0.3, 0.4) is 0 Å². The summed E-state index contributed by atoms with van der Waals surface area (Å²) >= 11 is 0. The maximum absolute atomic E-state index is 15.3. The molecule has 0 saturated heterocycles. The Kier molecular flexibility index (Phi) is 5.56. The molecular formula is C20H25FN6O3. The number of amides is 2. The molecule has 2 amide bonds. The Hall–Kier alpha value is -3.17. The molecule has 160 valence electrons. The lowest BCUT2D eigenvalue weighted by Gasteiger charge is -2.33. The second-order valence-corrected chi connectivity index (χ2v) is 7.52. The van der Waals surface area contributed by atoms with E-state index in [1.54, 1.807) is 17.1 Å². The third-order valence-electron chi connectivity index (χ3n) is 5.70. The van der Waals surface area contributed by atoms with Gasteiger partial charge in [-0.2, -0.15) is 5.10 Å². The van der Waals surface area contributed by atoms with Crippen LogP contribution < -0.4 is 16.0 Å². The monoisotopic (exact) mass is 416 g/mol. The van der Waals surface area contributed by atoms with Gasteiger partial charge in [-0.1, -0.05) is 12.8 Å². The van der Waals surface area contributed by atoms with Gasteiger partial charge in [0.2, 0.25) is 0 Å². The predicted molar refractivity (Wildman–Crippen MR) is 107 cm³/mol. The number of anilines is 1. The molecule has 4 rings (SSSR count). The van der Waals surface area contributed by atoms with Gasteiger partial charge in [-0.15, -0.1) is 0 Å². The summed E-state index contributed by atoms with van der Waals surface area (Å²) in [5, 5.41) is 12.9. The fourth-order valence-electron chi connectivity index (χ4n) is 4.11. The predicted octanol–water partition coefficient (Wildman–Crippen LogP) is 2.43. The highest BCUT2D eigenvalue weighted by Gasteiger charge is 2.33. The Morgan fingerprint density at radius 3 is 2.83 bits per heavy atom. The molecule has 1 aliphatic heterocycles. The zero-order valence-corrected chi connectivity index (χ0v) is 17.0. The van der Waals surface area contributed by atoms with Gasteiger partial charge in [0, 0.05) is 36.5 Å². The molecule has 3 heterocycles. The summed E-state index contributed by atoms with van der Waals surface area (Å²) in [5.74, 6) is -0.810. The zero-order chi connectivity index (χ0) is 21.3. The molecule has 2 aromatic heterocycles. The second kappa shape index (κ2) is 8.29. The number of hydrogen-bond donors (Lipinski definition) is 3. The number of aromatic nitrogens is 3. The molecule has 10 heteroatoms. The summed E-state index contributed by atoms with van der Waals surface area (Å²) < 4.78 is 21.7. The van der Waals surface area contributed by atoms with Crippen molar-refractivity contribution in [2.75, 3.05) is 12.4 Å². The Balaban J connectivity index is 1.70. The van der Waals surface area contributed by atoms with Crippen molar-refractivity contribution in [3.63, 3.8) is 0 Å². The quantitative estimate of drug-likeness (QED) is 0.691. The molecule has 1 fully saturated rings. The number of rotatable bonds is 5. The third kappa shape index (κ3) is 3.69. The zero-order valence-electron chi connectivity index (χ0n) is 17.0. The number of carbonyl (C=O) groups is 2. The van der Waals surface area contributed by atoms with E-state index >= 15 is 4.39 Å². The van der Waals surface area contributed by atoms with Crippen LogP contribution in [0.5, 0.6) is 0 Å². The van der Waals surface area contributed by atoms with Crippen molar-refractivity contribution in [2.45, 2.75) is 57.8 Å². The number of methoxy groups -OCH3 is 1. The van der Waals surface area contributed by atoms with Crippen molar-refractivity contribution >= 4 is 17.8 Å². The average molecular weight is 416 g/mol. The smallest absolute Gasteiger partial charge is 0.407 e. The molecule has 3 N–H and O–H groups in total. The van der Waals surface area contributed by atoms with Gasteiger partial charge in [0.05, 0.1) is 30.6 Å². The van der Waals surface area contributed by atoms with Crippen LogP contribution in [0.2, 0.25) is 0 Å². The second-order valence-electron chi connectivity index (χ2n) is 7.52. The van der Waals surface area contributed by atoms with E-state index in [0.29, 0.717) is 23.4 Å². The van der Waals surface area contributed by atoms with Crippen molar-refractivity contribution < 1.29 is 18.7 Å². The summed E-state index contributed by atoms with van der Waals surface area (Å²) in [4.78, 5) is 28.6. The van der Waals surface area contributed by atoms with Crippen molar-refractivity contribution in [3.05, 3.63) is 29.3 Å². The van der Waals surface area contributed by atoms with Crippen molar-refractivity contribution in [2.24, 2.45) is 0 Å². The van der Waals surface area contributed by atoms with Gasteiger partial charge >= 0.3 is 6.09 Å². The molecule has 0 radical (unpaired) electrons. The summed E-state index contributed by atoms with van der Waals surface area (Å²) in [6, 6.07) is -0.402. The molecule has 0 unspecified atom stereocenters. The number of carbonyl (C=O) groups excluding carboxylic acids is 2. The number of ether oxygens (including phenoxy) is 1. The van der Waals surface area contributed by atoms with Crippen LogP contribution in [0, 0.1) is 5.82 Å². The number of halogens is 1. The van der Waals surface area contributed by atoms with Gasteiger partial charge in [-0.05, 0) is 19.8 Å². The summed E-state index contributed by atoms with van der Waals surface area (Å²) in [5.41, 5.74) is 1.60. The van der Waals surface area contributed by atoms with E-state index in [9.17, 15) is 9.59 Å². The van der Waals surface area contributed by atoms with Crippen molar-refractivity contribution in [1.29, 1.82) is 0 Å². The van der Waals surface area contributed by atoms with Crippen LogP contribution in [0.15, 0.2) is 12.4 Å². The first-order chi connectivity index (χ1) is 14.5. The van der Waals surface area contributed by atoms with Gasteiger partial charge in [0.25, 0.3) is 5.91 Å². The first-order valence-corrected chi connectivity index (χ1v) is 10.2. The first-order valence-electron chi connectivity index (χ1n) is 10.2. The van der Waals surface area contributed by atoms with Crippen LogP contribution in [0.4, 0.5) is 15.0 Å². The lowest BCUT2D eigenvalue weighted by Crippen LogP contribution is -2.48. The molecule has 30 heavy (non-hydrogen) atoms. The molecule has 1 saturated carbocycles. The molecular weight excluding hydrogens is 391 g/mol. The first kappa shape index (κ1) is 20.1. The molecule has 0 bridgehead atoms. The summed E-state index contributed by atoms with van der Waals surface area (Å²) in [7, 11) is 1.31. The van der Waals surface area contributed by atoms with Crippen LogP contribution in [0.1, 0.15) is 48.5 Å². The third-order valence-corrected chi connectivity index (χ3v) is 5.70. The van der Waals surface area contributed by atoms with Gasteiger partial charge in [-0.25, -0.2) is 14.2 Å². The molecule has 2 aromatic rings. The minimum Gasteiger partial charge on any atom is -0.453 e. The molecule has 0 spiro atoms. The van der Waals surface area contributed by atoms with Gasteiger partial charge < -0.3 is 20.7 Å². The lowest BCUT2D eigenvalue weighted by molar-refractivity contribution is 0.0966. The van der Waals surface area contributed by atoms with E-state index < -0.39 is 11.9 Å². The lowest BCUT2D eigenvalue weighted by atomic mass is 9.90. The Labute approximate surface area is 173 Å². The van der Waals surface area contributed by atoms with E-state index in [1.165, 1.54) is 7.11 Å². The fourth-order valence-corrected chi connectivity index (χ4v) is 4.11. The maximum Gasteiger partial charge on any atom is 0.407 e. The van der Waals surface area contributed by atoms with E-state index in [0.717, 1.165) is 25.7 Å². The number of nitrogens with zero attached hydrogens (tertiary/aromatic N) is 3. The Bertz CT molecular complexity index is 976. The van der Waals surface area contributed by atoms with E-state index in [1.807, 2.05) is 6.92 Å². The highest BCUT2D eigenvalue weighted by Crippen LogP contribution is 2.33. The number of hydrogen-bond acceptors (Lipinski definition) is 6. The molecule has 2 aliphatic rings. The van der Waals surface area contributed by atoms with Gasteiger partial charge in [-0.3, -0.25) is 9.48 Å². The summed E-state index contributed by atoms with van der Waals surface area (Å²) in [6.45, 7) is 2.74. The standard InChI is InChI=1S/C20H25FN6O3/c1-3-27-10-11(8-23-27)17-15-12(9-22-19(15)28)16(21)18(26-17)24-13-6-4-5-7-14(13)25-20(29)30-2/h8,10,13-14H,3-7,9H2,1-2H3,(H,22,28)(H,24,26)(H,25,29)/t13-,14+/m1/s1. The summed E-state index contributed by atoms with van der Waals surface area (Å²) in [6.07, 6.45) is 6.34. The average Bonchev–Trinajstić information content (AvgIpc) is 3.38. The highest BCUT2D eigenvalue weighted by atomic mass is 19.1. The van der Waals surface area contributed by atoms with Crippen molar-refractivity contribution in [1.82, 2.24) is 25.4 Å². The molecule has 0 aromatic carbocycles. The SMILES string of the molecule is CCn1cc(-c2nc(N[C@@H]3CCCC[C@@H]3NC(=O)OC)c(F)c3c2C(=O)NC3)cn1. The van der Waals surface area contributed by atoms with Crippen LogP contribution in [-0.4, -0.2) is 46.0 Å². The molecule has 1 aliphatic carbocycles. The number of fused-ring (bicyclic) bond motifs is 1. The van der Waals surface area contributed by atoms with Crippen LogP contribution >= 0.6 is 0 Å². The van der Waals surface area contributed by atoms with E-state index in [4.69, 9.17) is 4.74 Å². The normalized spacial score (nSPS) is 20.4. The minimum atomic E-state index is -0.544. The van der Waals surface area contributed by atoms with Gasteiger partial charge in [0.15, 0.2) is 11.6 Å².